The highest BCUT2D eigenvalue weighted by Crippen LogP contribution is 2.34. The Morgan fingerprint density at radius 1 is 1.22 bits per heavy atom. The largest absolute Gasteiger partial charge is 0.497 e. The van der Waals surface area contributed by atoms with Gasteiger partial charge in [-0.25, -0.2) is 4.98 Å². The molecule has 10 heteroatoms. The van der Waals surface area contributed by atoms with Crippen molar-refractivity contribution in [3.05, 3.63) is 40.7 Å². The molecule has 1 aliphatic heterocycles. The molecule has 1 aliphatic rings. The van der Waals surface area contributed by atoms with Crippen molar-refractivity contribution in [2.24, 2.45) is 0 Å². The normalized spacial score (nSPS) is 14.6. The maximum Gasteiger partial charge on any atom is 0.373 e. The first-order chi connectivity index (χ1) is 13.2. The van der Waals surface area contributed by atoms with Crippen LogP contribution in [-0.2, 0) is 4.74 Å². The number of hydrogen-bond acceptors (Lipinski definition) is 9. The second-order valence-corrected chi connectivity index (χ2v) is 5.79. The third-order valence-electron chi connectivity index (χ3n) is 4.07. The predicted molar refractivity (Wildman–Crippen MR) is 97.5 cm³/mol. The van der Waals surface area contributed by atoms with Crippen molar-refractivity contribution in [1.29, 1.82) is 0 Å². The fraction of sp³-hybridized carbons (Fsp3) is 0.412. The summed E-state index contributed by atoms with van der Waals surface area (Å²) >= 11 is 0. The second-order valence-electron chi connectivity index (χ2n) is 5.79. The monoisotopic (exact) mass is 375 g/mol. The number of nitro groups is 1. The van der Waals surface area contributed by atoms with Crippen molar-refractivity contribution in [3.63, 3.8) is 0 Å². The number of hydrogen-bond donors (Lipinski definition) is 1. The lowest BCUT2D eigenvalue weighted by atomic mass is 10.3. The first-order valence-electron chi connectivity index (χ1n) is 8.52. The summed E-state index contributed by atoms with van der Waals surface area (Å²) in [6.45, 7) is 4.35. The number of nitrogens with zero attached hydrogens (tertiary/aromatic N) is 4. The molecular weight excluding hydrogens is 354 g/mol. The summed E-state index contributed by atoms with van der Waals surface area (Å²) in [6, 6.07) is 6.69. The maximum absolute atomic E-state index is 11.6. The topological polar surface area (TPSA) is 112 Å². The van der Waals surface area contributed by atoms with Gasteiger partial charge in [0.15, 0.2) is 0 Å². The van der Waals surface area contributed by atoms with Crippen molar-refractivity contribution >= 4 is 11.5 Å². The number of anilines is 1. The van der Waals surface area contributed by atoms with Gasteiger partial charge >= 0.3 is 11.6 Å². The fourth-order valence-corrected chi connectivity index (χ4v) is 2.64. The van der Waals surface area contributed by atoms with Gasteiger partial charge in [0.25, 0.3) is 0 Å². The maximum atomic E-state index is 11.6. The van der Waals surface area contributed by atoms with E-state index < -0.39 is 4.92 Å². The van der Waals surface area contributed by atoms with Crippen molar-refractivity contribution in [1.82, 2.24) is 14.9 Å². The Kier molecular flexibility index (Phi) is 6.34. The lowest BCUT2D eigenvalue weighted by Crippen LogP contribution is -2.39. The van der Waals surface area contributed by atoms with Crippen LogP contribution in [0.3, 0.4) is 0 Å². The fourth-order valence-electron chi connectivity index (χ4n) is 2.64. The van der Waals surface area contributed by atoms with E-state index in [9.17, 15) is 10.1 Å². The minimum Gasteiger partial charge on any atom is -0.497 e. The number of morpholine rings is 1. The number of ether oxygens (including phenoxy) is 3. The van der Waals surface area contributed by atoms with Crippen LogP contribution in [0, 0.1) is 10.1 Å². The molecule has 1 aromatic heterocycles. The molecule has 0 aliphatic carbocycles. The van der Waals surface area contributed by atoms with Gasteiger partial charge in [-0.15, -0.1) is 0 Å². The van der Waals surface area contributed by atoms with E-state index in [1.54, 1.807) is 31.4 Å². The molecule has 1 N–H and O–H groups in total. The number of aromatic nitrogens is 2. The minimum atomic E-state index is -0.546. The van der Waals surface area contributed by atoms with Gasteiger partial charge in [-0.05, 0) is 24.3 Å². The second kappa shape index (κ2) is 9.10. The van der Waals surface area contributed by atoms with E-state index >= 15 is 0 Å². The van der Waals surface area contributed by atoms with Gasteiger partial charge in [0.05, 0.1) is 25.2 Å². The zero-order valence-electron chi connectivity index (χ0n) is 15.0. The Bertz CT molecular complexity index is 765. The van der Waals surface area contributed by atoms with E-state index in [4.69, 9.17) is 14.2 Å². The summed E-state index contributed by atoms with van der Waals surface area (Å²) in [5.74, 6) is 1.09. The molecule has 0 atom stereocenters. The third kappa shape index (κ3) is 5.02. The molecule has 27 heavy (non-hydrogen) atoms. The van der Waals surface area contributed by atoms with Crippen LogP contribution in [0.25, 0.3) is 0 Å². The average Bonchev–Trinajstić information content (AvgIpc) is 2.69. The van der Waals surface area contributed by atoms with Crippen LogP contribution in [0.5, 0.6) is 17.4 Å². The lowest BCUT2D eigenvalue weighted by Gasteiger charge is -2.26. The van der Waals surface area contributed by atoms with Crippen LogP contribution in [-0.4, -0.2) is 66.3 Å². The smallest absolute Gasteiger partial charge is 0.373 e. The molecular formula is C17H21N5O5. The van der Waals surface area contributed by atoms with Crippen LogP contribution in [0.4, 0.5) is 11.5 Å². The van der Waals surface area contributed by atoms with Gasteiger partial charge in [-0.2, -0.15) is 4.98 Å². The Balaban J connectivity index is 1.70. The van der Waals surface area contributed by atoms with E-state index in [0.717, 1.165) is 19.6 Å². The standard InChI is InChI=1S/C17H21N5O5/c1-25-13-2-4-14(5-3-13)27-17-15(22(23)24)16(19-12-20-17)18-6-7-21-8-10-26-11-9-21/h2-5,12H,6-11H2,1H3,(H,18,19,20). The van der Waals surface area contributed by atoms with Gasteiger partial charge in [0.1, 0.15) is 17.8 Å². The van der Waals surface area contributed by atoms with E-state index in [1.165, 1.54) is 6.33 Å². The molecule has 1 aromatic carbocycles. The van der Waals surface area contributed by atoms with Gasteiger partial charge in [0, 0.05) is 26.2 Å². The van der Waals surface area contributed by atoms with Gasteiger partial charge in [0.2, 0.25) is 5.82 Å². The molecule has 0 unspecified atom stereocenters. The van der Waals surface area contributed by atoms with Crippen LogP contribution < -0.4 is 14.8 Å². The molecule has 0 saturated carbocycles. The number of methoxy groups -OCH3 is 1. The molecule has 0 bridgehead atoms. The summed E-state index contributed by atoms with van der Waals surface area (Å²) in [7, 11) is 1.56. The van der Waals surface area contributed by atoms with Gasteiger partial charge in [-0.3, -0.25) is 15.0 Å². The van der Waals surface area contributed by atoms with Crippen molar-refractivity contribution in [3.8, 4) is 17.4 Å². The highest BCUT2D eigenvalue weighted by atomic mass is 16.6. The number of benzene rings is 1. The van der Waals surface area contributed by atoms with Crippen molar-refractivity contribution in [2.45, 2.75) is 0 Å². The third-order valence-corrected chi connectivity index (χ3v) is 4.07. The molecule has 3 rings (SSSR count). The molecule has 2 aromatic rings. The Hall–Kier alpha value is -2.98. The van der Waals surface area contributed by atoms with Crippen molar-refractivity contribution in [2.75, 3.05) is 51.8 Å². The van der Waals surface area contributed by atoms with Gasteiger partial charge < -0.3 is 19.5 Å². The lowest BCUT2D eigenvalue weighted by molar-refractivity contribution is -0.385. The van der Waals surface area contributed by atoms with Crippen molar-refractivity contribution < 1.29 is 19.1 Å². The number of nitrogens with one attached hydrogen (secondary N) is 1. The quantitative estimate of drug-likeness (QED) is 0.546. The zero-order valence-corrected chi connectivity index (χ0v) is 15.0. The van der Waals surface area contributed by atoms with Crippen LogP contribution in [0.1, 0.15) is 0 Å². The highest BCUT2D eigenvalue weighted by Gasteiger charge is 2.25. The Labute approximate surface area is 156 Å². The summed E-state index contributed by atoms with van der Waals surface area (Å²) in [5.41, 5.74) is -0.296. The minimum absolute atomic E-state index is 0.117. The first-order valence-corrected chi connectivity index (χ1v) is 8.52. The summed E-state index contributed by atoms with van der Waals surface area (Å²) in [6.07, 6.45) is 1.24. The Morgan fingerprint density at radius 3 is 2.59 bits per heavy atom. The highest BCUT2D eigenvalue weighted by molar-refractivity contribution is 5.61. The summed E-state index contributed by atoms with van der Waals surface area (Å²) in [5, 5.41) is 14.6. The van der Waals surface area contributed by atoms with E-state index in [2.05, 4.69) is 20.2 Å². The van der Waals surface area contributed by atoms with Crippen LogP contribution in [0.15, 0.2) is 30.6 Å². The van der Waals surface area contributed by atoms with E-state index in [1.807, 2.05) is 0 Å². The molecule has 1 fully saturated rings. The van der Waals surface area contributed by atoms with Crippen LogP contribution in [0.2, 0.25) is 0 Å². The Morgan fingerprint density at radius 2 is 1.93 bits per heavy atom. The SMILES string of the molecule is COc1ccc(Oc2ncnc(NCCN3CCOCC3)c2[N+](=O)[O-])cc1. The molecule has 0 amide bonds. The molecule has 2 heterocycles. The molecule has 0 radical (unpaired) electrons. The zero-order chi connectivity index (χ0) is 19.1. The van der Waals surface area contributed by atoms with Crippen LogP contribution >= 0.6 is 0 Å². The molecule has 1 saturated heterocycles. The molecule has 144 valence electrons. The van der Waals surface area contributed by atoms with E-state index in [-0.39, 0.29) is 17.4 Å². The van der Waals surface area contributed by atoms with Gasteiger partial charge in [-0.1, -0.05) is 0 Å². The number of rotatable bonds is 8. The first kappa shape index (κ1) is 18.8. The molecule has 10 nitrogen and oxygen atoms in total. The predicted octanol–water partition coefficient (Wildman–Crippen LogP) is 1.93. The summed E-state index contributed by atoms with van der Waals surface area (Å²) < 4.78 is 16.0. The molecule has 0 spiro atoms. The average molecular weight is 375 g/mol. The van der Waals surface area contributed by atoms with E-state index in [0.29, 0.717) is 31.3 Å². The summed E-state index contributed by atoms with van der Waals surface area (Å²) in [4.78, 5) is 21.2.